The Morgan fingerprint density at radius 3 is 2.75 bits per heavy atom. The van der Waals surface area contributed by atoms with Crippen molar-refractivity contribution in [2.75, 3.05) is 0 Å². The Morgan fingerprint density at radius 1 is 1.62 bits per heavy atom. The first-order chi connectivity index (χ1) is 7.47. The van der Waals surface area contributed by atoms with Gasteiger partial charge in [-0.2, -0.15) is 0 Å². The maximum absolute atomic E-state index is 10.7. The number of nitro groups is 1. The van der Waals surface area contributed by atoms with Crippen molar-refractivity contribution in [3.05, 3.63) is 32.3 Å². The van der Waals surface area contributed by atoms with Crippen LogP contribution in [0.15, 0.2) is 16.6 Å². The van der Waals surface area contributed by atoms with Gasteiger partial charge in [-0.1, -0.05) is 29.3 Å². The molecule has 0 saturated carbocycles. The first-order valence-corrected chi connectivity index (χ1v) is 5.69. The van der Waals surface area contributed by atoms with E-state index < -0.39 is 4.92 Å². The van der Waals surface area contributed by atoms with Crippen molar-refractivity contribution >= 4 is 21.6 Å². The Labute approximate surface area is 102 Å². The van der Waals surface area contributed by atoms with Crippen LogP contribution in [0.4, 0.5) is 5.69 Å². The molecule has 88 valence electrons. The van der Waals surface area contributed by atoms with Gasteiger partial charge in [0.25, 0.3) is 0 Å². The molecular formula is C10H13BrN2O3. The molecule has 0 unspecified atom stereocenters. The highest BCUT2D eigenvalue weighted by Gasteiger charge is 2.21. The highest BCUT2D eigenvalue weighted by atomic mass is 79.9. The fourth-order valence-corrected chi connectivity index (χ4v) is 1.96. The number of rotatable bonds is 4. The zero-order valence-corrected chi connectivity index (χ0v) is 10.4. The van der Waals surface area contributed by atoms with Crippen LogP contribution in [0.2, 0.25) is 0 Å². The summed E-state index contributed by atoms with van der Waals surface area (Å²) in [5.41, 5.74) is 5.92. The molecule has 0 aliphatic carbocycles. The summed E-state index contributed by atoms with van der Waals surface area (Å²) in [5.74, 6) is -0.339. The fraction of sp³-hybridized carbons (Fsp3) is 0.400. The van der Waals surface area contributed by atoms with Crippen LogP contribution in [0.1, 0.15) is 31.4 Å². The van der Waals surface area contributed by atoms with E-state index in [2.05, 4.69) is 15.9 Å². The monoisotopic (exact) mass is 288 g/mol. The van der Waals surface area contributed by atoms with E-state index in [4.69, 9.17) is 5.73 Å². The molecule has 1 rings (SSSR count). The van der Waals surface area contributed by atoms with Crippen molar-refractivity contribution in [1.82, 2.24) is 0 Å². The van der Waals surface area contributed by atoms with Gasteiger partial charge in [0, 0.05) is 22.1 Å². The van der Waals surface area contributed by atoms with Crippen LogP contribution in [0.25, 0.3) is 0 Å². The van der Waals surface area contributed by atoms with Gasteiger partial charge in [0.15, 0.2) is 5.75 Å². The summed E-state index contributed by atoms with van der Waals surface area (Å²) in [5, 5.41) is 20.4. The van der Waals surface area contributed by atoms with E-state index in [1.165, 1.54) is 6.07 Å². The lowest BCUT2D eigenvalue weighted by Crippen LogP contribution is -2.10. The summed E-state index contributed by atoms with van der Waals surface area (Å²) in [6.45, 7) is 1.96. The lowest BCUT2D eigenvalue weighted by Gasteiger charge is -2.13. The van der Waals surface area contributed by atoms with Gasteiger partial charge in [0.05, 0.1) is 4.92 Å². The van der Waals surface area contributed by atoms with E-state index in [0.717, 1.165) is 6.42 Å². The Bertz CT molecular complexity index is 409. The number of aromatic hydroxyl groups is 1. The van der Waals surface area contributed by atoms with Crippen molar-refractivity contribution in [2.24, 2.45) is 5.73 Å². The number of hydrogen-bond donors (Lipinski definition) is 2. The van der Waals surface area contributed by atoms with Gasteiger partial charge in [-0.05, 0) is 12.5 Å². The van der Waals surface area contributed by atoms with Crippen LogP contribution in [-0.2, 0) is 0 Å². The third kappa shape index (κ3) is 2.70. The average Bonchev–Trinajstić information content (AvgIpc) is 2.20. The summed E-state index contributed by atoms with van der Waals surface area (Å²) in [6.07, 6.45) is 1.52. The number of nitrogens with zero attached hydrogens (tertiary/aromatic N) is 1. The van der Waals surface area contributed by atoms with Crippen LogP contribution >= 0.6 is 15.9 Å². The number of nitrogens with two attached hydrogens (primary N) is 1. The van der Waals surface area contributed by atoms with E-state index in [-0.39, 0.29) is 17.5 Å². The zero-order valence-electron chi connectivity index (χ0n) is 8.81. The summed E-state index contributed by atoms with van der Waals surface area (Å²) >= 11 is 3.16. The molecule has 0 radical (unpaired) electrons. The minimum Gasteiger partial charge on any atom is -0.502 e. The van der Waals surface area contributed by atoms with E-state index >= 15 is 0 Å². The van der Waals surface area contributed by atoms with Crippen molar-refractivity contribution in [3.63, 3.8) is 0 Å². The van der Waals surface area contributed by atoms with Crippen molar-refractivity contribution in [2.45, 2.75) is 25.8 Å². The number of phenolic OH excluding ortho intramolecular Hbond substituents is 1. The number of nitro benzene ring substituents is 1. The standard InChI is InChI=1S/C10H13BrN2O3/c1-2-3-8(12)7-4-6(11)5-9(10(7)14)13(15)16/h4-5,8,14H,2-3,12H2,1H3/t8-/m0/s1. The average molecular weight is 289 g/mol. The van der Waals surface area contributed by atoms with E-state index in [9.17, 15) is 15.2 Å². The number of hydrogen-bond acceptors (Lipinski definition) is 4. The molecule has 16 heavy (non-hydrogen) atoms. The molecule has 0 bridgehead atoms. The summed E-state index contributed by atoms with van der Waals surface area (Å²) in [6, 6.07) is 2.49. The molecule has 3 N–H and O–H groups in total. The third-order valence-corrected chi connectivity index (χ3v) is 2.74. The molecule has 0 aliphatic rings. The van der Waals surface area contributed by atoms with Gasteiger partial charge in [0.1, 0.15) is 0 Å². The summed E-state index contributed by atoms with van der Waals surface area (Å²) in [7, 11) is 0. The Balaban J connectivity index is 3.23. The van der Waals surface area contributed by atoms with Crippen LogP contribution in [0, 0.1) is 10.1 Å². The van der Waals surface area contributed by atoms with Crippen LogP contribution in [0.3, 0.4) is 0 Å². The van der Waals surface area contributed by atoms with Gasteiger partial charge in [-0.25, -0.2) is 0 Å². The molecular weight excluding hydrogens is 276 g/mol. The smallest absolute Gasteiger partial charge is 0.312 e. The molecule has 0 spiro atoms. The molecule has 1 aromatic rings. The van der Waals surface area contributed by atoms with E-state index in [1.807, 2.05) is 6.92 Å². The van der Waals surface area contributed by atoms with Gasteiger partial charge in [-0.15, -0.1) is 0 Å². The maximum Gasteiger partial charge on any atom is 0.312 e. The Kier molecular flexibility index (Phi) is 4.26. The molecule has 0 heterocycles. The topological polar surface area (TPSA) is 89.4 Å². The van der Waals surface area contributed by atoms with Crippen molar-refractivity contribution in [1.29, 1.82) is 0 Å². The number of phenols is 1. The molecule has 5 nitrogen and oxygen atoms in total. The van der Waals surface area contributed by atoms with Gasteiger partial charge in [-0.3, -0.25) is 10.1 Å². The second-order valence-corrected chi connectivity index (χ2v) is 4.43. The normalized spacial score (nSPS) is 12.4. The molecule has 0 aromatic heterocycles. The van der Waals surface area contributed by atoms with Gasteiger partial charge >= 0.3 is 5.69 Å². The lowest BCUT2D eigenvalue weighted by molar-refractivity contribution is -0.386. The minimum absolute atomic E-state index is 0.323. The number of halogens is 1. The summed E-state index contributed by atoms with van der Waals surface area (Å²) in [4.78, 5) is 10.1. The first-order valence-electron chi connectivity index (χ1n) is 4.89. The van der Waals surface area contributed by atoms with Gasteiger partial charge in [0.2, 0.25) is 0 Å². The Morgan fingerprint density at radius 2 is 2.25 bits per heavy atom. The largest absolute Gasteiger partial charge is 0.502 e. The zero-order chi connectivity index (χ0) is 12.3. The molecule has 1 aromatic carbocycles. The van der Waals surface area contributed by atoms with Crippen molar-refractivity contribution < 1.29 is 10.0 Å². The van der Waals surface area contributed by atoms with Crippen LogP contribution in [0.5, 0.6) is 5.75 Å². The minimum atomic E-state index is -0.623. The van der Waals surface area contributed by atoms with E-state index in [1.54, 1.807) is 6.07 Å². The molecule has 1 atom stereocenters. The highest BCUT2D eigenvalue weighted by Crippen LogP contribution is 2.37. The Hall–Kier alpha value is -1.14. The fourth-order valence-electron chi connectivity index (χ4n) is 1.49. The molecule has 0 aliphatic heterocycles. The SMILES string of the molecule is CCC[C@H](N)c1cc(Br)cc([N+](=O)[O-])c1O. The second kappa shape index (κ2) is 5.27. The van der Waals surface area contributed by atoms with Gasteiger partial charge < -0.3 is 10.8 Å². The van der Waals surface area contributed by atoms with Crippen molar-refractivity contribution in [3.8, 4) is 5.75 Å². The van der Waals surface area contributed by atoms with Crippen LogP contribution in [-0.4, -0.2) is 10.0 Å². The predicted octanol–water partition coefficient (Wildman–Crippen LogP) is 2.86. The molecule has 0 saturated heterocycles. The maximum atomic E-state index is 10.7. The molecule has 0 amide bonds. The lowest BCUT2D eigenvalue weighted by atomic mass is 10.0. The first kappa shape index (κ1) is 12.9. The second-order valence-electron chi connectivity index (χ2n) is 3.52. The predicted molar refractivity (Wildman–Crippen MR) is 64.3 cm³/mol. The number of benzene rings is 1. The molecule has 6 heteroatoms. The molecule has 0 fully saturated rings. The summed E-state index contributed by atoms with van der Waals surface area (Å²) < 4.78 is 0.540. The quantitative estimate of drug-likeness (QED) is 0.658. The highest BCUT2D eigenvalue weighted by molar-refractivity contribution is 9.10. The third-order valence-electron chi connectivity index (χ3n) is 2.28. The van der Waals surface area contributed by atoms with Crippen LogP contribution < -0.4 is 5.73 Å². The van der Waals surface area contributed by atoms with E-state index in [0.29, 0.717) is 16.5 Å².